The molecular weight excluding hydrogens is 355 g/mol. The third-order valence-electron chi connectivity index (χ3n) is 1.85. The van der Waals surface area contributed by atoms with Crippen molar-refractivity contribution in [3.8, 4) is 6.07 Å². The van der Waals surface area contributed by atoms with Crippen LogP contribution in [0.4, 0.5) is 0 Å². The van der Waals surface area contributed by atoms with E-state index < -0.39 is 0 Å². The number of hydrogen-bond acceptors (Lipinski definition) is 3. The van der Waals surface area contributed by atoms with Crippen molar-refractivity contribution in [3.63, 3.8) is 0 Å². The molecule has 82 valence electrons. The van der Waals surface area contributed by atoms with Gasteiger partial charge < -0.3 is 5.73 Å². The molecule has 1 aromatic carbocycles. The standard InChI is InChI=1S/C10H8ClIN3P/c11-10-3-7(1-2-8(10)4-13)9(5-14)6-15-16-12/h1-3,5-6,16H,14H2/b9-5+,15-6+. The highest BCUT2D eigenvalue weighted by Gasteiger charge is 2.03. The zero-order valence-corrected chi connectivity index (χ0v) is 12.0. The van der Waals surface area contributed by atoms with Crippen molar-refractivity contribution in [1.82, 2.24) is 0 Å². The Morgan fingerprint density at radius 1 is 1.62 bits per heavy atom. The van der Waals surface area contributed by atoms with Gasteiger partial charge in [0.2, 0.25) is 0 Å². The third-order valence-corrected chi connectivity index (χ3v) is 3.23. The second-order valence-electron chi connectivity index (χ2n) is 2.77. The second-order valence-corrected chi connectivity index (χ2v) is 5.05. The van der Waals surface area contributed by atoms with Gasteiger partial charge in [-0.1, -0.05) is 17.7 Å². The van der Waals surface area contributed by atoms with Crippen LogP contribution in [0, 0.1) is 11.3 Å². The van der Waals surface area contributed by atoms with Gasteiger partial charge in [-0.15, -0.1) is 0 Å². The number of nitrogens with zero attached hydrogens (tertiary/aromatic N) is 2. The molecular formula is C10H8ClIN3P. The molecule has 2 N–H and O–H groups in total. The summed E-state index contributed by atoms with van der Waals surface area (Å²) in [7, 11) is 0. The number of halogens is 2. The molecule has 0 aromatic heterocycles. The number of nitriles is 1. The summed E-state index contributed by atoms with van der Waals surface area (Å²) in [5, 5.41) is 9.17. The minimum atomic E-state index is 0.421. The molecule has 0 fully saturated rings. The Kier molecular flexibility index (Phi) is 5.75. The van der Waals surface area contributed by atoms with Gasteiger partial charge in [0, 0.05) is 18.0 Å². The van der Waals surface area contributed by atoms with E-state index in [4.69, 9.17) is 22.6 Å². The highest BCUT2D eigenvalue weighted by atomic mass is 127. The SMILES string of the molecule is N#Cc1ccc(C(=C/N)/C=N/PI)cc1Cl. The van der Waals surface area contributed by atoms with Gasteiger partial charge in [-0.25, -0.2) is 0 Å². The number of allylic oxidation sites excluding steroid dienone is 1. The molecule has 0 aliphatic heterocycles. The maximum atomic E-state index is 8.75. The van der Waals surface area contributed by atoms with Crippen molar-refractivity contribution in [2.24, 2.45) is 10.5 Å². The molecule has 0 radical (unpaired) electrons. The van der Waals surface area contributed by atoms with E-state index in [1.165, 1.54) is 6.20 Å². The Hall–Kier alpha value is -0.630. The van der Waals surface area contributed by atoms with Gasteiger partial charge in [0.1, 0.15) is 6.07 Å². The Balaban J connectivity index is 3.10. The number of benzene rings is 1. The maximum absolute atomic E-state index is 8.75. The Labute approximate surface area is 114 Å². The first-order valence-corrected chi connectivity index (χ1v) is 8.67. The largest absolute Gasteiger partial charge is 0.404 e. The van der Waals surface area contributed by atoms with E-state index in [9.17, 15) is 0 Å². The van der Waals surface area contributed by atoms with Crippen molar-refractivity contribution < 1.29 is 0 Å². The van der Waals surface area contributed by atoms with Gasteiger partial charge in [-0.2, -0.15) is 5.26 Å². The predicted octanol–water partition coefficient (Wildman–Crippen LogP) is 3.53. The minimum absolute atomic E-state index is 0.421. The van der Waals surface area contributed by atoms with E-state index >= 15 is 0 Å². The van der Waals surface area contributed by atoms with Crippen LogP contribution in [-0.2, 0) is 0 Å². The number of nitrogens with two attached hydrogens (primary N) is 1. The smallest absolute Gasteiger partial charge is 0.101 e. The fourth-order valence-electron chi connectivity index (χ4n) is 1.09. The first kappa shape index (κ1) is 13.4. The molecule has 1 aromatic rings. The van der Waals surface area contributed by atoms with E-state index in [1.54, 1.807) is 24.4 Å². The molecule has 0 spiro atoms. The molecule has 0 heterocycles. The monoisotopic (exact) mass is 363 g/mol. The minimum Gasteiger partial charge on any atom is -0.404 e. The van der Waals surface area contributed by atoms with Crippen LogP contribution in [0.3, 0.4) is 0 Å². The van der Waals surface area contributed by atoms with Gasteiger partial charge in [-0.05, 0) is 39.7 Å². The molecule has 0 aliphatic rings. The molecule has 0 saturated carbocycles. The molecule has 6 heteroatoms. The molecule has 1 atom stereocenters. The van der Waals surface area contributed by atoms with Crippen LogP contribution in [0.25, 0.3) is 5.57 Å². The Morgan fingerprint density at radius 2 is 2.38 bits per heavy atom. The van der Waals surface area contributed by atoms with Crippen LogP contribution in [0.15, 0.2) is 29.2 Å². The summed E-state index contributed by atoms with van der Waals surface area (Å²) >= 11 is 8.10. The highest BCUT2D eigenvalue weighted by Crippen LogP contribution is 2.24. The summed E-state index contributed by atoms with van der Waals surface area (Å²) in [6.45, 7) is 0. The van der Waals surface area contributed by atoms with E-state index in [0.29, 0.717) is 17.0 Å². The molecule has 16 heavy (non-hydrogen) atoms. The molecule has 1 rings (SSSR count). The summed E-state index contributed by atoms with van der Waals surface area (Å²) < 4.78 is 4.12. The fraction of sp³-hybridized carbons (Fsp3) is 0. The van der Waals surface area contributed by atoms with E-state index in [2.05, 4.69) is 26.8 Å². The lowest BCUT2D eigenvalue weighted by atomic mass is 10.1. The summed E-state index contributed by atoms with van der Waals surface area (Å²) in [5.41, 5.74) is 7.60. The van der Waals surface area contributed by atoms with E-state index in [1.807, 2.05) is 6.07 Å². The zero-order valence-electron chi connectivity index (χ0n) is 8.11. The third kappa shape index (κ3) is 3.44. The molecule has 0 amide bonds. The average Bonchev–Trinajstić information content (AvgIpc) is 2.30. The first-order chi connectivity index (χ1) is 7.72. The van der Waals surface area contributed by atoms with Crippen molar-refractivity contribution in [1.29, 1.82) is 5.26 Å². The van der Waals surface area contributed by atoms with Gasteiger partial charge in [0.05, 0.1) is 17.0 Å². The van der Waals surface area contributed by atoms with Crippen molar-refractivity contribution >= 4 is 51.8 Å². The molecule has 3 nitrogen and oxygen atoms in total. The Morgan fingerprint density at radius 3 is 2.88 bits per heavy atom. The average molecular weight is 364 g/mol. The summed E-state index contributed by atoms with van der Waals surface area (Å²) in [5.74, 6) is 0. The van der Waals surface area contributed by atoms with Crippen LogP contribution in [0.2, 0.25) is 5.02 Å². The maximum Gasteiger partial charge on any atom is 0.101 e. The first-order valence-electron chi connectivity index (χ1n) is 4.23. The quantitative estimate of drug-likeness (QED) is 0.507. The molecule has 0 saturated heterocycles. The van der Waals surface area contributed by atoms with Crippen LogP contribution in [0.5, 0.6) is 0 Å². The fourth-order valence-corrected chi connectivity index (χ4v) is 1.92. The van der Waals surface area contributed by atoms with Crippen LogP contribution in [-0.4, -0.2) is 6.21 Å². The van der Waals surface area contributed by atoms with Gasteiger partial charge in [0.25, 0.3) is 0 Å². The van der Waals surface area contributed by atoms with Gasteiger partial charge in [-0.3, -0.25) is 4.76 Å². The van der Waals surface area contributed by atoms with Gasteiger partial charge in [0.15, 0.2) is 0 Å². The second kappa shape index (κ2) is 6.85. The van der Waals surface area contributed by atoms with Gasteiger partial charge >= 0.3 is 0 Å². The topological polar surface area (TPSA) is 62.2 Å². The predicted molar refractivity (Wildman–Crippen MR) is 79.2 cm³/mol. The molecule has 1 unspecified atom stereocenters. The lowest BCUT2D eigenvalue weighted by Gasteiger charge is -2.02. The lowest BCUT2D eigenvalue weighted by molar-refractivity contribution is 1.47. The lowest BCUT2D eigenvalue weighted by Crippen LogP contribution is -1.91. The van der Waals surface area contributed by atoms with Crippen LogP contribution >= 0.6 is 40.0 Å². The summed E-state index contributed by atoms with van der Waals surface area (Å²) in [6.07, 6.45) is 3.62. The molecule has 0 bridgehead atoms. The van der Waals surface area contributed by atoms with E-state index in [-0.39, 0.29) is 0 Å². The van der Waals surface area contributed by atoms with Crippen molar-refractivity contribution in [2.45, 2.75) is 0 Å². The zero-order chi connectivity index (χ0) is 12.0. The normalized spacial score (nSPS) is 12.4. The van der Waals surface area contributed by atoms with Crippen LogP contribution in [0.1, 0.15) is 11.1 Å². The van der Waals surface area contributed by atoms with Crippen LogP contribution < -0.4 is 5.73 Å². The number of rotatable bonds is 3. The Bertz CT molecular complexity index is 479. The summed E-state index contributed by atoms with van der Waals surface area (Å²) in [4.78, 5) is 0. The highest BCUT2D eigenvalue weighted by molar-refractivity contribution is 14.2. The van der Waals surface area contributed by atoms with Crippen molar-refractivity contribution in [2.75, 3.05) is 0 Å². The summed E-state index contributed by atoms with van der Waals surface area (Å²) in [6, 6.07) is 7.18. The number of hydrogen-bond donors (Lipinski definition) is 1. The van der Waals surface area contributed by atoms with E-state index in [0.717, 1.165) is 11.1 Å². The molecule has 0 aliphatic carbocycles. The van der Waals surface area contributed by atoms with Crippen molar-refractivity contribution in [3.05, 3.63) is 40.5 Å².